The van der Waals surface area contributed by atoms with Crippen molar-refractivity contribution >= 4 is 23.6 Å². The van der Waals surface area contributed by atoms with Gasteiger partial charge in [0.05, 0.1) is 5.56 Å². The third-order valence-corrected chi connectivity index (χ3v) is 3.78. The first-order valence-electron chi connectivity index (χ1n) is 5.62. The third-order valence-electron chi connectivity index (χ3n) is 2.62. The highest BCUT2D eigenvalue weighted by Crippen LogP contribution is 2.13. The van der Waals surface area contributed by atoms with E-state index in [1.165, 1.54) is 12.1 Å². The maximum absolute atomic E-state index is 11.7. The minimum Gasteiger partial charge on any atom is -0.478 e. The van der Waals surface area contributed by atoms with Gasteiger partial charge in [0.25, 0.3) is 0 Å². The Morgan fingerprint density at radius 3 is 2.67 bits per heavy atom. The fourth-order valence-corrected chi connectivity index (χ4v) is 2.58. The molecule has 1 fully saturated rings. The van der Waals surface area contributed by atoms with Gasteiger partial charge in [-0.3, -0.25) is 10.1 Å². The van der Waals surface area contributed by atoms with Crippen molar-refractivity contribution < 1.29 is 14.7 Å². The molecule has 1 heterocycles. The van der Waals surface area contributed by atoms with E-state index in [0.29, 0.717) is 6.54 Å². The molecule has 1 saturated heterocycles. The second-order valence-corrected chi connectivity index (χ2v) is 5.14. The van der Waals surface area contributed by atoms with Gasteiger partial charge in [0.1, 0.15) is 5.37 Å². The van der Waals surface area contributed by atoms with Gasteiger partial charge < -0.3 is 10.4 Å². The molecule has 1 aromatic rings. The average molecular weight is 266 g/mol. The minimum atomic E-state index is -0.947. The summed E-state index contributed by atoms with van der Waals surface area (Å²) in [5, 5.41) is 14.5. The molecule has 5 nitrogen and oxygen atoms in total. The number of aromatic carboxylic acids is 1. The summed E-state index contributed by atoms with van der Waals surface area (Å²) >= 11 is 1.59. The molecule has 1 aromatic carbocycles. The van der Waals surface area contributed by atoms with E-state index in [9.17, 15) is 9.59 Å². The molecule has 1 aliphatic heterocycles. The number of hydrogen-bond donors (Lipinski definition) is 3. The molecule has 0 spiro atoms. The first kappa shape index (κ1) is 12.9. The molecule has 0 aliphatic carbocycles. The van der Waals surface area contributed by atoms with Crippen molar-refractivity contribution in [3.63, 3.8) is 0 Å². The molecule has 3 N–H and O–H groups in total. The Balaban J connectivity index is 1.86. The molecule has 1 atom stereocenters. The van der Waals surface area contributed by atoms with E-state index >= 15 is 0 Å². The lowest BCUT2D eigenvalue weighted by Crippen LogP contribution is -2.38. The van der Waals surface area contributed by atoms with Crippen LogP contribution in [0.1, 0.15) is 15.9 Å². The number of carbonyl (C=O) groups is 2. The van der Waals surface area contributed by atoms with Crippen LogP contribution in [0.15, 0.2) is 24.3 Å². The summed E-state index contributed by atoms with van der Waals surface area (Å²) in [5.74, 6) is -0.0252. The lowest BCUT2D eigenvalue weighted by molar-refractivity contribution is -0.121. The number of hydrogen-bond acceptors (Lipinski definition) is 4. The third kappa shape index (κ3) is 3.24. The molecule has 1 unspecified atom stereocenters. The van der Waals surface area contributed by atoms with E-state index in [1.807, 2.05) is 0 Å². The van der Waals surface area contributed by atoms with Gasteiger partial charge in [-0.15, -0.1) is 11.8 Å². The SMILES string of the molecule is O=C(O)c1ccc(CNC(=O)C2NCCS2)cc1. The molecule has 6 heteroatoms. The molecule has 0 bridgehead atoms. The summed E-state index contributed by atoms with van der Waals surface area (Å²) in [6, 6.07) is 6.48. The predicted octanol–water partition coefficient (Wildman–Crippen LogP) is 0.663. The summed E-state index contributed by atoms with van der Waals surface area (Å²) in [4.78, 5) is 22.4. The number of rotatable bonds is 4. The van der Waals surface area contributed by atoms with Gasteiger partial charge >= 0.3 is 5.97 Å². The van der Waals surface area contributed by atoms with Crippen LogP contribution in [-0.2, 0) is 11.3 Å². The van der Waals surface area contributed by atoms with E-state index in [1.54, 1.807) is 23.9 Å². The van der Waals surface area contributed by atoms with Crippen LogP contribution in [0.2, 0.25) is 0 Å². The number of nitrogens with one attached hydrogen (secondary N) is 2. The molecule has 18 heavy (non-hydrogen) atoms. The summed E-state index contributed by atoms with van der Waals surface area (Å²) in [7, 11) is 0. The lowest BCUT2D eigenvalue weighted by atomic mass is 10.1. The van der Waals surface area contributed by atoms with Crippen molar-refractivity contribution in [2.24, 2.45) is 0 Å². The Bertz CT molecular complexity index is 441. The van der Waals surface area contributed by atoms with Crippen molar-refractivity contribution in [2.75, 3.05) is 12.3 Å². The summed E-state index contributed by atoms with van der Waals surface area (Å²) in [6.07, 6.45) is 0. The highest BCUT2D eigenvalue weighted by Gasteiger charge is 2.21. The number of carboxylic acid groups (broad SMARTS) is 1. The van der Waals surface area contributed by atoms with E-state index in [4.69, 9.17) is 5.11 Å². The number of carbonyl (C=O) groups excluding carboxylic acids is 1. The van der Waals surface area contributed by atoms with Gasteiger partial charge in [0.15, 0.2) is 0 Å². The second kappa shape index (κ2) is 5.88. The van der Waals surface area contributed by atoms with Crippen LogP contribution in [0.5, 0.6) is 0 Å². The van der Waals surface area contributed by atoms with Gasteiger partial charge in [-0.1, -0.05) is 12.1 Å². The number of thioether (sulfide) groups is 1. The summed E-state index contributed by atoms with van der Waals surface area (Å²) < 4.78 is 0. The van der Waals surface area contributed by atoms with Crippen LogP contribution < -0.4 is 10.6 Å². The predicted molar refractivity (Wildman–Crippen MR) is 69.5 cm³/mol. The van der Waals surface area contributed by atoms with Crippen molar-refractivity contribution in [3.8, 4) is 0 Å². The quantitative estimate of drug-likeness (QED) is 0.746. The Morgan fingerprint density at radius 2 is 2.11 bits per heavy atom. The van der Waals surface area contributed by atoms with Gasteiger partial charge in [0.2, 0.25) is 5.91 Å². The van der Waals surface area contributed by atoms with Gasteiger partial charge in [-0.25, -0.2) is 4.79 Å². The fourth-order valence-electron chi connectivity index (χ4n) is 1.64. The Kier molecular flexibility index (Phi) is 4.22. The zero-order valence-electron chi connectivity index (χ0n) is 9.68. The topological polar surface area (TPSA) is 78.4 Å². The van der Waals surface area contributed by atoms with Crippen molar-refractivity contribution in [3.05, 3.63) is 35.4 Å². The monoisotopic (exact) mass is 266 g/mol. The molecule has 1 amide bonds. The van der Waals surface area contributed by atoms with E-state index in [2.05, 4.69) is 10.6 Å². The number of amides is 1. The van der Waals surface area contributed by atoms with E-state index in [-0.39, 0.29) is 16.8 Å². The molecule has 1 aliphatic rings. The van der Waals surface area contributed by atoms with Crippen LogP contribution in [0, 0.1) is 0 Å². The Labute approximate surface area is 109 Å². The van der Waals surface area contributed by atoms with E-state index in [0.717, 1.165) is 17.9 Å². The second-order valence-electron chi connectivity index (χ2n) is 3.92. The highest BCUT2D eigenvalue weighted by atomic mass is 32.2. The minimum absolute atomic E-state index is 0.0280. The molecule has 0 saturated carbocycles. The Hall–Kier alpha value is -1.53. The van der Waals surface area contributed by atoms with Crippen LogP contribution in [0.3, 0.4) is 0 Å². The Morgan fingerprint density at radius 1 is 1.39 bits per heavy atom. The normalized spacial score (nSPS) is 18.6. The number of carboxylic acids is 1. The van der Waals surface area contributed by atoms with Crippen molar-refractivity contribution in [1.82, 2.24) is 10.6 Å². The van der Waals surface area contributed by atoms with Crippen LogP contribution in [0.4, 0.5) is 0 Å². The van der Waals surface area contributed by atoms with Gasteiger partial charge in [0, 0.05) is 18.8 Å². The smallest absolute Gasteiger partial charge is 0.335 e. The van der Waals surface area contributed by atoms with Crippen LogP contribution >= 0.6 is 11.8 Å². The molecular formula is C12H14N2O3S. The largest absolute Gasteiger partial charge is 0.478 e. The van der Waals surface area contributed by atoms with Crippen molar-refractivity contribution in [2.45, 2.75) is 11.9 Å². The van der Waals surface area contributed by atoms with Gasteiger partial charge in [-0.2, -0.15) is 0 Å². The maximum Gasteiger partial charge on any atom is 0.335 e. The maximum atomic E-state index is 11.7. The first-order chi connectivity index (χ1) is 8.66. The highest BCUT2D eigenvalue weighted by molar-refractivity contribution is 8.00. The molecular weight excluding hydrogens is 252 g/mol. The molecule has 0 aromatic heterocycles. The standard InChI is InChI=1S/C12H14N2O3S/c15-10(11-13-5-6-18-11)14-7-8-1-3-9(4-2-8)12(16)17/h1-4,11,13H,5-7H2,(H,14,15)(H,16,17). The first-order valence-corrected chi connectivity index (χ1v) is 6.66. The molecule has 0 radical (unpaired) electrons. The number of benzene rings is 1. The summed E-state index contributed by atoms with van der Waals surface area (Å²) in [6.45, 7) is 1.27. The zero-order valence-corrected chi connectivity index (χ0v) is 10.5. The zero-order chi connectivity index (χ0) is 13.0. The van der Waals surface area contributed by atoms with Gasteiger partial charge in [-0.05, 0) is 17.7 Å². The van der Waals surface area contributed by atoms with E-state index < -0.39 is 5.97 Å². The molecule has 2 rings (SSSR count). The van der Waals surface area contributed by atoms with Crippen LogP contribution in [0.25, 0.3) is 0 Å². The summed E-state index contributed by atoms with van der Waals surface area (Å²) in [5.41, 5.74) is 1.13. The van der Waals surface area contributed by atoms with Crippen molar-refractivity contribution in [1.29, 1.82) is 0 Å². The fraction of sp³-hybridized carbons (Fsp3) is 0.333. The average Bonchev–Trinajstić information content (AvgIpc) is 2.90. The molecule has 96 valence electrons. The van der Waals surface area contributed by atoms with Crippen LogP contribution in [-0.4, -0.2) is 34.7 Å². The lowest BCUT2D eigenvalue weighted by Gasteiger charge is -2.10.